The van der Waals surface area contributed by atoms with E-state index in [1.54, 1.807) is 0 Å². The third-order valence-corrected chi connectivity index (χ3v) is 5.67. The lowest BCUT2D eigenvalue weighted by Gasteiger charge is -2.12. The second-order valence-corrected chi connectivity index (χ2v) is 8.15. The maximum absolute atomic E-state index is 6.09. The molecule has 3 N–H and O–H groups in total. The maximum atomic E-state index is 6.09. The minimum atomic E-state index is 0.369. The van der Waals surface area contributed by atoms with E-state index in [9.17, 15) is 0 Å². The van der Waals surface area contributed by atoms with Crippen LogP contribution in [0.4, 0.5) is 0 Å². The molecular formula is C25H21ClN4S. The number of pyridine rings is 1. The molecule has 0 radical (unpaired) electrons. The van der Waals surface area contributed by atoms with E-state index in [0.29, 0.717) is 17.5 Å². The van der Waals surface area contributed by atoms with E-state index in [0.717, 1.165) is 32.8 Å². The van der Waals surface area contributed by atoms with Gasteiger partial charge in [-0.25, -0.2) is 4.99 Å². The molecule has 31 heavy (non-hydrogen) atoms. The first kappa shape index (κ1) is 21.0. The number of hydrogen-bond acceptors (Lipinski definition) is 3. The summed E-state index contributed by atoms with van der Waals surface area (Å²) in [4.78, 5) is 10.3. The number of halogens is 1. The molecule has 0 amide bonds. The third kappa shape index (κ3) is 5.66. The van der Waals surface area contributed by atoms with Crippen LogP contribution in [0, 0.1) is 0 Å². The van der Waals surface area contributed by atoms with Gasteiger partial charge >= 0.3 is 0 Å². The SMILES string of the molecule is NC(=NCc1cnc(-c2ccccc2)c(-c2ccc(Cl)cc2)c1)NSc1ccccc1. The van der Waals surface area contributed by atoms with Crippen LogP contribution in [0.25, 0.3) is 22.4 Å². The molecule has 1 heterocycles. The van der Waals surface area contributed by atoms with Crippen molar-refractivity contribution in [3.05, 3.63) is 108 Å². The van der Waals surface area contributed by atoms with Crippen molar-refractivity contribution < 1.29 is 0 Å². The zero-order valence-corrected chi connectivity index (χ0v) is 18.3. The highest BCUT2D eigenvalue weighted by Gasteiger charge is 2.10. The molecule has 154 valence electrons. The van der Waals surface area contributed by atoms with Gasteiger partial charge < -0.3 is 5.73 Å². The molecule has 0 aliphatic rings. The summed E-state index contributed by atoms with van der Waals surface area (Å²) < 4.78 is 3.07. The van der Waals surface area contributed by atoms with Gasteiger partial charge in [0.2, 0.25) is 0 Å². The Morgan fingerprint density at radius 2 is 1.58 bits per heavy atom. The van der Waals surface area contributed by atoms with Crippen LogP contribution in [0.1, 0.15) is 5.56 Å². The fourth-order valence-corrected chi connectivity index (χ4v) is 3.78. The predicted molar refractivity (Wildman–Crippen MR) is 131 cm³/mol. The predicted octanol–water partition coefficient (Wildman–Crippen LogP) is 6.18. The van der Waals surface area contributed by atoms with Gasteiger partial charge in [-0.05, 0) is 53.4 Å². The molecule has 4 nitrogen and oxygen atoms in total. The van der Waals surface area contributed by atoms with E-state index in [-0.39, 0.29) is 0 Å². The lowest BCUT2D eigenvalue weighted by atomic mass is 9.98. The molecule has 4 rings (SSSR count). The quantitative estimate of drug-likeness (QED) is 0.212. The number of guanidine groups is 1. The molecule has 0 unspecified atom stereocenters. The molecule has 0 fully saturated rings. The maximum Gasteiger partial charge on any atom is 0.199 e. The van der Waals surface area contributed by atoms with Gasteiger partial charge in [0.1, 0.15) is 0 Å². The second-order valence-electron chi connectivity index (χ2n) is 6.83. The Kier molecular flexibility index (Phi) is 6.87. The molecule has 1 aromatic heterocycles. The van der Waals surface area contributed by atoms with Crippen molar-refractivity contribution in [3.63, 3.8) is 0 Å². The molecule has 6 heteroatoms. The van der Waals surface area contributed by atoms with Crippen LogP contribution in [0.3, 0.4) is 0 Å². The number of rotatable bonds is 6. The largest absolute Gasteiger partial charge is 0.369 e. The number of nitrogens with two attached hydrogens (primary N) is 1. The molecular weight excluding hydrogens is 424 g/mol. The molecule has 4 aromatic rings. The number of aliphatic imine (C=N–C) groups is 1. The van der Waals surface area contributed by atoms with E-state index >= 15 is 0 Å². The summed E-state index contributed by atoms with van der Waals surface area (Å²) in [6.45, 7) is 0.427. The molecule has 0 atom stereocenters. The van der Waals surface area contributed by atoms with Gasteiger partial charge in [0.05, 0.1) is 12.2 Å². The lowest BCUT2D eigenvalue weighted by Crippen LogP contribution is -2.25. The van der Waals surface area contributed by atoms with Crippen LogP contribution < -0.4 is 10.5 Å². The summed E-state index contributed by atoms with van der Waals surface area (Å²) in [6.07, 6.45) is 1.85. The molecule has 0 aliphatic carbocycles. The van der Waals surface area contributed by atoms with Gasteiger partial charge in [-0.3, -0.25) is 9.71 Å². The van der Waals surface area contributed by atoms with E-state index in [1.165, 1.54) is 11.9 Å². The monoisotopic (exact) mass is 444 g/mol. The summed E-state index contributed by atoms with van der Waals surface area (Å²) in [5, 5.41) is 0.702. The zero-order valence-electron chi connectivity index (χ0n) is 16.7. The van der Waals surface area contributed by atoms with Crippen molar-refractivity contribution in [3.8, 4) is 22.4 Å². The van der Waals surface area contributed by atoms with Gasteiger partial charge in [-0.15, -0.1) is 0 Å². The Balaban J connectivity index is 1.57. The van der Waals surface area contributed by atoms with E-state index in [1.807, 2.05) is 79.0 Å². The van der Waals surface area contributed by atoms with Gasteiger partial charge in [0.15, 0.2) is 5.96 Å². The summed E-state index contributed by atoms with van der Waals surface area (Å²) in [6, 6.07) is 30.0. The van der Waals surface area contributed by atoms with Crippen molar-refractivity contribution in [2.75, 3.05) is 0 Å². The first-order chi connectivity index (χ1) is 15.2. The summed E-state index contributed by atoms with van der Waals surface area (Å²) in [7, 11) is 0. The number of nitrogens with zero attached hydrogens (tertiary/aromatic N) is 2. The Morgan fingerprint density at radius 3 is 2.29 bits per heavy atom. The Hall–Kier alpha value is -3.28. The van der Waals surface area contributed by atoms with Crippen molar-refractivity contribution in [1.82, 2.24) is 9.71 Å². The summed E-state index contributed by atoms with van der Waals surface area (Å²) >= 11 is 7.52. The lowest BCUT2D eigenvalue weighted by molar-refractivity contribution is 1.03. The number of aromatic nitrogens is 1. The second kappa shape index (κ2) is 10.2. The van der Waals surface area contributed by atoms with Crippen LogP contribution >= 0.6 is 23.5 Å². The fourth-order valence-electron chi connectivity index (χ4n) is 3.08. The van der Waals surface area contributed by atoms with Crippen molar-refractivity contribution in [1.29, 1.82) is 0 Å². The Bertz CT molecular complexity index is 1160. The summed E-state index contributed by atoms with van der Waals surface area (Å²) in [5.74, 6) is 0.369. The van der Waals surface area contributed by atoms with Crippen molar-refractivity contribution in [2.45, 2.75) is 11.4 Å². The van der Waals surface area contributed by atoms with Crippen molar-refractivity contribution in [2.24, 2.45) is 10.7 Å². The molecule has 0 bridgehead atoms. The first-order valence-corrected chi connectivity index (χ1v) is 11.0. The molecule has 0 spiro atoms. The minimum Gasteiger partial charge on any atom is -0.369 e. The molecule has 0 saturated heterocycles. The number of benzene rings is 3. The first-order valence-electron chi connectivity index (χ1n) is 9.77. The summed E-state index contributed by atoms with van der Waals surface area (Å²) in [5.41, 5.74) is 11.1. The highest BCUT2D eigenvalue weighted by molar-refractivity contribution is 7.98. The van der Waals surface area contributed by atoms with E-state index in [4.69, 9.17) is 22.3 Å². The van der Waals surface area contributed by atoms with Gasteiger partial charge in [-0.1, -0.05) is 72.3 Å². The van der Waals surface area contributed by atoms with E-state index < -0.39 is 0 Å². The average Bonchev–Trinajstić information content (AvgIpc) is 2.83. The smallest absolute Gasteiger partial charge is 0.199 e. The standard InChI is InChI=1S/C25H21ClN4S/c26-21-13-11-19(12-14-21)23-15-18(16-28-24(23)20-7-3-1-4-8-20)17-29-25(27)30-31-22-9-5-2-6-10-22/h1-16H,17H2,(H3,27,29,30). The van der Waals surface area contributed by atoms with Crippen molar-refractivity contribution >= 4 is 29.5 Å². The minimum absolute atomic E-state index is 0.369. The van der Waals surface area contributed by atoms with Gasteiger partial charge in [0, 0.05) is 27.2 Å². The molecule has 0 aliphatic heterocycles. The van der Waals surface area contributed by atoms with Crippen LogP contribution in [-0.2, 0) is 6.54 Å². The fraction of sp³-hybridized carbons (Fsp3) is 0.0400. The number of hydrogen-bond donors (Lipinski definition) is 2. The highest BCUT2D eigenvalue weighted by Crippen LogP contribution is 2.32. The Labute approximate surface area is 191 Å². The normalized spacial score (nSPS) is 11.3. The number of nitrogens with one attached hydrogen (secondary N) is 1. The molecule has 3 aromatic carbocycles. The third-order valence-electron chi connectivity index (χ3n) is 4.60. The van der Waals surface area contributed by atoms with Crippen LogP contribution in [0.2, 0.25) is 5.02 Å². The van der Waals surface area contributed by atoms with E-state index in [2.05, 4.69) is 27.9 Å². The molecule has 0 saturated carbocycles. The van der Waals surface area contributed by atoms with Gasteiger partial charge in [-0.2, -0.15) is 0 Å². The average molecular weight is 445 g/mol. The van der Waals surface area contributed by atoms with Crippen LogP contribution in [-0.4, -0.2) is 10.9 Å². The highest BCUT2D eigenvalue weighted by atomic mass is 35.5. The van der Waals surface area contributed by atoms with Crippen LogP contribution in [0.5, 0.6) is 0 Å². The topological polar surface area (TPSA) is 63.3 Å². The zero-order chi connectivity index (χ0) is 21.5. The van der Waals surface area contributed by atoms with Gasteiger partial charge in [0.25, 0.3) is 0 Å². The van der Waals surface area contributed by atoms with Crippen LogP contribution in [0.15, 0.2) is 107 Å². The Morgan fingerprint density at radius 1 is 0.903 bits per heavy atom.